The Balaban J connectivity index is 1.54. The first-order valence-electron chi connectivity index (χ1n) is 13.4. The smallest absolute Gasteiger partial charge is 0.338 e. The fourth-order valence-corrected chi connectivity index (χ4v) is 6.31. The number of fused-ring (bicyclic) bond motifs is 2. The van der Waals surface area contributed by atoms with Gasteiger partial charge in [-0.2, -0.15) is 0 Å². The minimum atomic E-state index is -0.865. The topological polar surface area (TPSA) is 126 Å². The Bertz CT molecular complexity index is 2140. The van der Waals surface area contributed by atoms with E-state index in [1.54, 1.807) is 51.3 Å². The molecule has 1 aliphatic heterocycles. The van der Waals surface area contributed by atoms with E-state index in [0.29, 0.717) is 43.4 Å². The molecule has 0 saturated carbocycles. The van der Waals surface area contributed by atoms with E-state index in [9.17, 15) is 19.7 Å². The third-order valence-electron chi connectivity index (χ3n) is 7.18. The Morgan fingerprint density at radius 1 is 1.14 bits per heavy atom. The second kappa shape index (κ2) is 11.2. The number of esters is 1. The number of thiazole rings is 1. The normalized spacial score (nSPS) is 14.9. The van der Waals surface area contributed by atoms with Gasteiger partial charge in [0.05, 0.1) is 34.4 Å². The van der Waals surface area contributed by atoms with Crippen molar-refractivity contribution < 1.29 is 23.6 Å². The molecule has 43 heavy (non-hydrogen) atoms. The van der Waals surface area contributed by atoms with Crippen molar-refractivity contribution >= 4 is 39.8 Å². The summed E-state index contributed by atoms with van der Waals surface area (Å²) in [6.45, 7) is 3.61. The number of hydrogen-bond acceptors (Lipinski definition) is 9. The predicted molar refractivity (Wildman–Crippen MR) is 162 cm³/mol. The van der Waals surface area contributed by atoms with Crippen molar-refractivity contribution in [1.29, 1.82) is 0 Å². The summed E-state index contributed by atoms with van der Waals surface area (Å²) < 4.78 is 19.0. The molecule has 3 aromatic carbocycles. The van der Waals surface area contributed by atoms with Crippen LogP contribution in [-0.4, -0.2) is 29.2 Å². The standard InChI is InChI=1S/C32H25N3O7S/c1-4-41-31(37)27-18(2)33-32-34(29(27)28-23-11-6-5-8-19(23)12-14-25(28)40-3)30(36)26(43-32)17-22-13-15-24(42-22)20-9-7-10-21(16-20)35(38)39/h5-17,29H,4H2,1-3H3/b26-17-/t29-/m1/s1. The zero-order valence-corrected chi connectivity index (χ0v) is 24.2. The Kier molecular flexibility index (Phi) is 7.24. The number of benzene rings is 3. The van der Waals surface area contributed by atoms with Crippen LogP contribution in [0, 0.1) is 10.1 Å². The number of nitro benzene ring substituents is 1. The first-order valence-corrected chi connectivity index (χ1v) is 14.2. The highest BCUT2D eigenvalue weighted by Gasteiger charge is 2.36. The van der Waals surface area contributed by atoms with E-state index in [1.165, 1.54) is 28.0 Å². The molecular weight excluding hydrogens is 570 g/mol. The van der Waals surface area contributed by atoms with Crippen LogP contribution in [0.1, 0.15) is 31.2 Å². The van der Waals surface area contributed by atoms with Crippen molar-refractivity contribution in [2.45, 2.75) is 19.9 Å². The lowest BCUT2D eigenvalue weighted by atomic mass is 9.90. The van der Waals surface area contributed by atoms with Crippen molar-refractivity contribution in [3.63, 3.8) is 0 Å². The average molecular weight is 596 g/mol. The van der Waals surface area contributed by atoms with Crippen molar-refractivity contribution in [2.24, 2.45) is 4.99 Å². The molecule has 0 radical (unpaired) electrons. The zero-order valence-electron chi connectivity index (χ0n) is 23.4. The van der Waals surface area contributed by atoms with Crippen LogP contribution in [-0.2, 0) is 9.53 Å². The third-order valence-corrected chi connectivity index (χ3v) is 8.17. The van der Waals surface area contributed by atoms with E-state index in [4.69, 9.17) is 13.9 Å². The summed E-state index contributed by atoms with van der Waals surface area (Å²) in [5.41, 5.74) is 1.45. The van der Waals surface area contributed by atoms with Gasteiger partial charge in [0, 0.05) is 29.3 Å². The van der Waals surface area contributed by atoms with Crippen LogP contribution >= 0.6 is 11.3 Å². The van der Waals surface area contributed by atoms with E-state index in [2.05, 4.69) is 4.99 Å². The molecule has 0 spiro atoms. The zero-order chi connectivity index (χ0) is 30.2. The molecule has 10 nitrogen and oxygen atoms in total. The van der Waals surface area contributed by atoms with Gasteiger partial charge < -0.3 is 13.9 Å². The van der Waals surface area contributed by atoms with E-state index in [-0.39, 0.29) is 23.4 Å². The summed E-state index contributed by atoms with van der Waals surface area (Å²) in [6.07, 6.45) is 1.60. The Morgan fingerprint density at radius 3 is 2.72 bits per heavy atom. The van der Waals surface area contributed by atoms with E-state index < -0.39 is 16.9 Å². The van der Waals surface area contributed by atoms with Crippen molar-refractivity contribution in [1.82, 2.24) is 4.57 Å². The number of furan rings is 1. The molecule has 6 rings (SSSR count). The summed E-state index contributed by atoms with van der Waals surface area (Å²) in [5.74, 6) is 0.752. The predicted octanol–water partition coefficient (Wildman–Crippen LogP) is 5.13. The fraction of sp³-hybridized carbons (Fsp3) is 0.156. The molecule has 3 heterocycles. The van der Waals surface area contributed by atoms with Crippen LogP contribution in [0.3, 0.4) is 0 Å². The molecule has 0 bridgehead atoms. The molecule has 0 unspecified atom stereocenters. The van der Waals surface area contributed by atoms with Gasteiger partial charge in [-0.25, -0.2) is 9.79 Å². The maximum Gasteiger partial charge on any atom is 0.338 e. The van der Waals surface area contributed by atoms with Crippen LogP contribution in [0.2, 0.25) is 0 Å². The number of methoxy groups -OCH3 is 1. The fourth-order valence-electron chi connectivity index (χ4n) is 5.29. The Morgan fingerprint density at radius 2 is 1.95 bits per heavy atom. The molecule has 0 saturated heterocycles. The molecule has 1 atom stereocenters. The summed E-state index contributed by atoms with van der Waals surface area (Å²) in [5, 5.41) is 13.0. The third kappa shape index (κ3) is 4.93. The van der Waals surface area contributed by atoms with Crippen molar-refractivity contribution in [3.8, 4) is 17.1 Å². The number of nitro groups is 1. The van der Waals surface area contributed by atoms with Crippen LogP contribution in [0.5, 0.6) is 5.75 Å². The highest BCUT2D eigenvalue weighted by Crippen LogP contribution is 2.40. The van der Waals surface area contributed by atoms with E-state index in [1.807, 2.05) is 36.4 Å². The summed E-state index contributed by atoms with van der Waals surface area (Å²) in [7, 11) is 1.55. The number of non-ortho nitro benzene ring substituents is 1. The van der Waals surface area contributed by atoms with Gasteiger partial charge in [-0.1, -0.05) is 53.8 Å². The van der Waals surface area contributed by atoms with E-state index in [0.717, 1.165) is 10.8 Å². The molecule has 2 aromatic heterocycles. The number of ether oxygens (including phenoxy) is 2. The van der Waals surface area contributed by atoms with Gasteiger partial charge in [0.25, 0.3) is 11.2 Å². The Hall–Kier alpha value is -5.29. The summed E-state index contributed by atoms with van der Waals surface area (Å²) in [4.78, 5) is 43.3. The van der Waals surface area contributed by atoms with Gasteiger partial charge in [0.1, 0.15) is 23.3 Å². The molecule has 1 aliphatic rings. The van der Waals surface area contributed by atoms with Gasteiger partial charge >= 0.3 is 5.97 Å². The maximum absolute atomic E-state index is 14.1. The number of allylic oxidation sites excluding steroid dienone is 1. The lowest BCUT2D eigenvalue weighted by Crippen LogP contribution is -2.40. The lowest BCUT2D eigenvalue weighted by Gasteiger charge is -2.27. The minimum absolute atomic E-state index is 0.0552. The summed E-state index contributed by atoms with van der Waals surface area (Å²) >= 11 is 1.17. The molecule has 0 fully saturated rings. The molecule has 216 valence electrons. The number of aromatic nitrogens is 1. The van der Waals surface area contributed by atoms with Crippen molar-refractivity contribution in [3.05, 3.63) is 125 Å². The molecule has 11 heteroatoms. The monoisotopic (exact) mass is 595 g/mol. The largest absolute Gasteiger partial charge is 0.496 e. The highest BCUT2D eigenvalue weighted by atomic mass is 32.1. The van der Waals surface area contributed by atoms with Gasteiger partial charge in [-0.15, -0.1) is 0 Å². The average Bonchev–Trinajstić information content (AvgIpc) is 3.60. The van der Waals surface area contributed by atoms with Crippen molar-refractivity contribution in [2.75, 3.05) is 13.7 Å². The van der Waals surface area contributed by atoms with Gasteiger partial charge in [-0.05, 0) is 42.8 Å². The van der Waals surface area contributed by atoms with Gasteiger partial charge in [0.2, 0.25) is 0 Å². The number of hydrogen-bond donors (Lipinski definition) is 0. The van der Waals surface area contributed by atoms with Crippen LogP contribution in [0.25, 0.3) is 28.2 Å². The number of carbonyl (C=O) groups excluding carboxylic acids is 1. The quantitative estimate of drug-likeness (QED) is 0.145. The second-order valence-corrected chi connectivity index (χ2v) is 10.7. The maximum atomic E-state index is 14.1. The van der Waals surface area contributed by atoms with Crippen LogP contribution in [0.4, 0.5) is 5.69 Å². The number of rotatable bonds is 7. The molecule has 0 amide bonds. The lowest BCUT2D eigenvalue weighted by molar-refractivity contribution is -0.384. The van der Waals surface area contributed by atoms with Gasteiger partial charge in [0.15, 0.2) is 4.80 Å². The number of nitrogens with zero attached hydrogens (tertiary/aromatic N) is 3. The molecule has 0 N–H and O–H groups in total. The first kappa shape index (κ1) is 27.9. The molecule has 0 aliphatic carbocycles. The Labute approximate surface area is 248 Å². The molecular formula is C32H25N3O7S. The van der Waals surface area contributed by atoms with Crippen LogP contribution in [0.15, 0.2) is 98.3 Å². The number of carbonyl (C=O) groups is 1. The summed E-state index contributed by atoms with van der Waals surface area (Å²) in [6, 6.07) is 20.1. The highest BCUT2D eigenvalue weighted by molar-refractivity contribution is 7.07. The van der Waals surface area contributed by atoms with E-state index >= 15 is 0 Å². The minimum Gasteiger partial charge on any atom is -0.496 e. The second-order valence-electron chi connectivity index (χ2n) is 9.71. The molecule has 5 aromatic rings. The first-order chi connectivity index (χ1) is 20.8. The SMILES string of the molecule is CCOC(=O)C1=C(C)N=c2s/c(=C\c3ccc(-c4cccc([N+](=O)[O-])c4)o3)c(=O)n2[C@H]1c1c(OC)ccc2ccccc12. The van der Waals surface area contributed by atoms with Crippen LogP contribution < -0.4 is 19.6 Å². The van der Waals surface area contributed by atoms with Gasteiger partial charge in [-0.3, -0.25) is 19.5 Å².